The minimum atomic E-state index is 0.320. The molecule has 0 amide bonds. The number of aromatic nitrogens is 3. The molecule has 1 aromatic heterocycles. The Kier molecular flexibility index (Phi) is 3.26. The quantitative estimate of drug-likeness (QED) is 0.877. The van der Waals surface area contributed by atoms with Gasteiger partial charge in [-0.05, 0) is 12.8 Å². The molecule has 90 valence electrons. The van der Waals surface area contributed by atoms with Crippen LogP contribution in [0.5, 0.6) is 0 Å². The topological polar surface area (TPSA) is 56.7 Å². The molecule has 1 saturated carbocycles. The lowest BCUT2D eigenvalue weighted by Gasteiger charge is -2.39. The van der Waals surface area contributed by atoms with Crippen LogP contribution in [0.3, 0.4) is 0 Å². The summed E-state index contributed by atoms with van der Waals surface area (Å²) in [5.74, 6) is 0. The van der Waals surface area contributed by atoms with E-state index in [4.69, 9.17) is 5.73 Å². The number of hydrogen-bond donors (Lipinski definition) is 1. The van der Waals surface area contributed by atoms with Gasteiger partial charge >= 0.3 is 0 Å². The summed E-state index contributed by atoms with van der Waals surface area (Å²) >= 11 is 2.04. The highest BCUT2D eigenvalue weighted by Crippen LogP contribution is 2.45. The molecule has 1 aromatic rings. The Hall–Kier alpha value is -0.550. The third kappa shape index (κ3) is 2.58. The molecule has 2 N–H and O–H groups in total. The van der Waals surface area contributed by atoms with Crippen molar-refractivity contribution < 1.29 is 0 Å². The second-order valence-corrected chi connectivity index (χ2v) is 7.37. The van der Waals surface area contributed by atoms with Crippen molar-refractivity contribution in [2.24, 2.45) is 5.73 Å². The van der Waals surface area contributed by atoms with E-state index >= 15 is 0 Å². The number of hydrogen-bond acceptors (Lipinski definition) is 4. The average Bonchev–Trinajstić information content (AvgIpc) is 2.60. The minimum absolute atomic E-state index is 0.320. The SMILES string of the molecule is CC(C)(C)SC1CCC1n1cc(CN)nn1. The Morgan fingerprint density at radius 1 is 1.50 bits per heavy atom. The number of thioether (sulfide) groups is 1. The molecule has 1 fully saturated rings. The third-order valence-electron chi connectivity index (χ3n) is 2.79. The van der Waals surface area contributed by atoms with Gasteiger partial charge in [0.05, 0.1) is 17.9 Å². The molecule has 1 aliphatic rings. The van der Waals surface area contributed by atoms with E-state index in [1.165, 1.54) is 12.8 Å². The van der Waals surface area contributed by atoms with Crippen LogP contribution in [0, 0.1) is 0 Å². The van der Waals surface area contributed by atoms with Gasteiger partial charge in [-0.2, -0.15) is 11.8 Å². The second-order valence-electron chi connectivity index (χ2n) is 5.31. The lowest BCUT2D eigenvalue weighted by molar-refractivity contribution is 0.296. The van der Waals surface area contributed by atoms with Crippen LogP contribution in [0.1, 0.15) is 45.3 Å². The fourth-order valence-electron chi connectivity index (χ4n) is 1.92. The molecular weight excluding hydrogens is 220 g/mol. The second kappa shape index (κ2) is 4.37. The predicted octanol–water partition coefficient (Wildman–Crippen LogP) is 1.97. The molecule has 0 radical (unpaired) electrons. The van der Waals surface area contributed by atoms with Crippen LogP contribution >= 0.6 is 11.8 Å². The van der Waals surface area contributed by atoms with Crippen LogP contribution in [-0.4, -0.2) is 25.0 Å². The van der Waals surface area contributed by atoms with Crippen LogP contribution in [0.15, 0.2) is 6.20 Å². The van der Waals surface area contributed by atoms with Gasteiger partial charge in [-0.15, -0.1) is 5.10 Å². The van der Waals surface area contributed by atoms with Crippen molar-refractivity contribution in [2.75, 3.05) is 0 Å². The van der Waals surface area contributed by atoms with Crippen LogP contribution in [0.4, 0.5) is 0 Å². The average molecular weight is 240 g/mol. The van der Waals surface area contributed by atoms with E-state index in [-0.39, 0.29) is 0 Å². The fraction of sp³-hybridized carbons (Fsp3) is 0.818. The molecule has 1 heterocycles. The van der Waals surface area contributed by atoms with Crippen molar-refractivity contribution in [3.05, 3.63) is 11.9 Å². The maximum Gasteiger partial charge on any atom is 0.0962 e. The molecule has 2 atom stereocenters. The van der Waals surface area contributed by atoms with Crippen molar-refractivity contribution in [3.63, 3.8) is 0 Å². The molecule has 0 aliphatic heterocycles. The Morgan fingerprint density at radius 3 is 2.69 bits per heavy atom. The van der Waals surface area contributed by atoms with Crippen LogP contribution in [0.2, 0.25) is 0 Å². The number of nitrogens with two attached hydrogens (primary N) is 1. The first-order valence-electron chi connectivity index (χ1n) is 5.78. The number of rotatable bonds is 3. The van der Waals surface area contributed by atoms with Crippen LogP contribution < -0.4 is 5.73 Å². The van der Waals surface area contributed by atoms with E-state index in [2.05, 4.69) is 31.1 Å². The van der Waals surface area contributed by atoms with Crippen molar-refractivity contribution in [2.45, 2.75) is 56.2 Å². The molecule has 1 aliphatic carbocycles. The predicted molar refractivity (Wildman–Crippen MR) is 67.3 cm³/mol. The van der Waals surface area contributed by atoms with Gasteiger partial charge in [-0.3, -0.25) is 0 Å². The van der Waals surface area contributed by atoms with Crippen molar-refractivity contribution >= 4 is 11.8 Å². The first-order valence-corrected chi connectivity index (χ1v) is 6.66. The highest BCUT2D eigenvalue weighted by Gasteiger charge is 2.36. The molecule has 0 aromatic carbocycles. The molecule has 2 rings (SSSR count). The zero-order valence-electron chi connectivity index (χ0n) is 10.2. The lowest BCUT2D eigenvalue weighted by atomic mass is 9.92. The molecule has 0 saturated heterocycles. The van der Waals surface area contributed by atoms with Crippen LogP contribution in [-0.2, 0) is 6.54 Å². The van der Waals surface area contributed by atoms with E-state index in [0.29, 0.717) is 22.6 Å². The zero-order valence-corrected chi connectivity index (χ0v) is 11.0. The van der Waals surface area contributed by atoms with E-state index in [1.807, 2.05) is 22.6 Å². The van der Waals surface area contributed by atoms with E-state index in [1.54, 1.807) is 0 Å². The summed E-state index contributed by atoms with van der Waals surface area (Å²) in [6, 6.07) is 0.511. The standard InChI is InChI=1S/C11H20N4S/c1-11(2,3)16-10-5-4-9(10)15-7-8(6-12)13-14-15/h7,9-10H,4-6,12H2,1-3H3. The molecule has 0 bridgehead atoms. The zero-order chi connectivity index (χ0) is 11.8. The summed E-state index contributed by atoms with van der Waals surface area (Å²) in [4.78, 5) is 0. The lowest BCUT2D eigenvalue weighted by Crippen LogP contribution is -2.34. The van der Waals surface area contributed by atoms with Gasteiger partial charge in [0.25, 0.3) is 0 Å². The highest BCUT2D eigenvalue weighted by molar-refractivity contribution is 8.01. The summed E-state index contributed by atoms with van der Waals surface area (Å²) in [7, 11) is 0. The van der Waals surface area contributed by atoms with E-state index in [9.17, 15) is 0 Å². The summed E-state index contributed by atoms with van der Waals surface area (Å²) in [6.07, 6.45) is 4.48. The fourth-order valence-corrected chi connectivity index (χ4v) is 3.50. The Morgan fingerprint density at radius 2 is 2.25 bits per heavy atom. The van der Waals surface area contributed by atoms with Crippen molar-refractivity contribution in [1.29, 1.82) is 0 Å². The van der Waals surface area contributed by atoms with Crippen LogP contribution in [0.25, 0.3) is 0 Å². The maximum atomic E-state index is 5.54. The third-order valence-corrected chi connectivity index (χ3v) is 4.35. The van der Waals surface area contributed by atoms with Gasteiger partial charge in [-0.1, -0.05) is 26.0 Å². The first-order chi connectivity index (χ1) is 7.49. The molecule has 16 heavy (non-hydrogen) atoms. The molecule has 0 spiro atoms. The Bertz CT molecular complexity index is 355. The highest BCUT2D eigenvalue weighted by atomic mass is 32.2. The molecular formula is C11H20N4S. The maximum absolute atomic E-state index is 5.54. The molecule has 2 unspecified atom stereocenters. The first kappa shape index (κ1) is 11.9. The van der Waals surface area contributed by atoms with Gasteiger partial charge in [0.1, 0.15) is 0 Å². The minimum Gasteiger partial charge on any atom is -0.325 e. The Labute approximate surface area is 101 Å². The summed E-state index contributed by atoms with van der Waals surface area (Å²) in [5.41, 5.74) is 6.42. The van der Waals surface area contributed by atoms with Gasteiger partial charge in [0, 0.05) is 16.5 Å². The number of nitrogens with zero attached hydrogens (tertiary/aromatic N) is 3. The molecule has 5 heteroatoms. The Balaban J connectivity index is 2.00. The monoisotopic (exact) mass is 240 g/mol. The van der Waals surface area contributed by atoms with E-state index in [0.717, 1.165) is 5.69 Å². The summed E-state index contributed by atoms with van der Waals surface area (Å²) < 4.78 is 2.32. The van der Waals surface area contributed by atoms with E-state index < -0.39 is 0 Å². The smallest absolute Gasteiger partial charge is 0.0962 e. The van der Waals surface area contributed by atoms with Gasteiger partial charge < -0.3 is 5.73 Å². The van der Waals surface area contributed by atoms with Gasteiger partial charge in [0.2, 0.25) is 0 Å². The largest absolute Gasteiger partial charge is 0.325 e. The van der Waals surface area contributed by atoms with Crippen molar-refractivity contribution in [1.82, 2.24) is 15.0 Å². The normalized spacial score (nSPS) is 25.5. The van der Waals surface area contributed by atoms with Gasteiger partial charge in [-0.25, -0.2) is 4.68 Å². The molecule has 4 nitrogen and oxygen atoms in total. The summed E-state index contributed by atoms with van der Waals surface area (Å²) in [6.45, 7) is 7.27. The van der Waals surface area contributed by atoms with Crippen molar-refractivity contribution in [3.8, 4) is 0 Å². The summed E-state index contributed by atoms with van der Waals surface area (Å²) in [5, 5.41) is 8.88. The van der Waals surface area contributed by atoms with Gasteiger partial charge in [0.15, 0.2) is 0 Å².